The van der Waals surface area contributed by atoms with E-state index in [0.29, 0.717) is 11.5 Å². The molecule has 3 nitrogen and oxygen atoms in total. The van der Waals surface area contributed by atoms with E-state index in [4.69, 9.17) is 9.05 Å². The molecule has 0 amide bonds. The third-order valence-corrected chi connectivity index (χ3v) is 7.49. The van der Waals surface area contributed by atoms with E-state index in [1.54, 1.807) is 0 Å². The molecule has 0 saturated heterocycles. The number of rotatable bonds is 7. The lowest BCUT2D eigenvalue weighted by Crippen LogP contribution is -2.19. The lowest BCUT2D eigenvalue weighted by Gasteiger charge is -2.30. The van der Waals surface area contributed by atoms with Gasteiger partial charge in [0.15, 0.2) is 0 Å². The summed E-state index contributed by atoms with van der Waals surface area (Å²) < 4.78 is 25.8. The lowest BCUT2D eigenvalue weighted by molar-refractivity contribution is 0.349. The average molecular weight is 372 g/mol. The van der Waals surface area contributed by atoms with Crippen molar-refractivity contribution in [2.75, 3.05) is 0 Å². The van der Waals surface area contributed by atoms with E-state index in [2.05, 4.69) is 13.8 Å². The fraction of sp³-hybridized carbons (Fsp3) is 0.455. The fourth-order valence-corrected chi connectivity index (χ4v) is 5.59. The summed E-state index contributed by atoms with van der Waals surface area (Å²) in [6.07, 6.45) is 7.12. The van der Waals surface area contributed by atoms with Gasteiger partial charge in [-0.2, -0.15) is 0 Å². The molecule has 0 N–H and O–H groups in total. The Balaban J connectivity index is 1.83. The van der Waals surface area contributed by atoms with E-state index in [-0.39, 0.29) is 5.66 Å². The summed E-state index contributed by atoms with van der Waals surface area (Å²) in [6, 6.07) is 15.7. The summed E-state index contributed by atoms with van der Waals surface area (Å²) >= 11 is 0. The zero-order chi connectivity index (χ0) is 18.4. The third-order valence-electron chi connectivity index (χ3n) is 5.15. The van der Waals surface area contributed by atoms with Crippen LogP contribution in [0.15, 0.2) is 48.5 Å². The standard InChI is InChI=1S/C22H29O3P/c1-3-18-10-14-20(15-11-18)24-26(23,22-8-6-5-7-9-22)25-21-16-12-19(4-2)13-17-21/h10-17,22H,3-9H2,1-2H3. The summed E-state index contributed by atoms with van der Waals surface area (Å²) in [7, 11) is -3.29. The SMILES string of the molecule is CCc1ccc(OP(=O)(Oc2ccc(CC)cc2)C2CCCCC2)cc1. The van der Waals surface area contributed by atoms with Gasteiger partial charge in [0.25, 0.3) is 0 Å². The Hall–Kier alpha value is -1.73. The second kappa shape index (κ2) is 8.77. The van der Waals surface area contributed by atoms with Crippen molar-refractivity contribution in [3.8, 4) is 11.5 Å². The Kier molecular flexibility index (Phi) is 6.43. The molecule has 0 aliphatic heterocycles. The van der Waals surface area contributed by atoms with Crippen LogP contribution in [0.2, 0.25) is 0 Å². The van der Waals surface area contributed by atoms with E-state index in [1.165, 1.54) is 17.5 Å². The van der Waals surface area contributed by atoms with Gasteiger partial charge >= 0.3 is 7.60 Å². The summed E-state index contributed by atoms with van der Waals surface area (Å²) in [4.78, 5) is 0. The van der Waals surface area contributed by atoms with Crippen LogP contribution in [0.4, 0.5) is 0 Å². The molecule has 0 heterocycles. The van der Waals surface area contributed by atoms with Crippen molar-refractivity contribution in [1.82, 2.24) is 0 Å². The smallest absolute Gasteiger partial charge is 0.416 e. The molecule has 2 aromatic rings. The van der Waals surface area contributed by atoms with E-state index in [9.17, 15) is 4.57 Å². The first-order valence-corrected chi connectivity index (χ1v) is 11.4. The molecule has 0 radical (unpaired) electrons. The molecular formula is C22H29O3P. The van der Waals surface area contributed by atoms with Gasteiger partial charge in [-0.15, -0.1) is 0 Å². The molecule has 140 valence electrons. The van der Waals surface area contributed by atoms with E-state index in [0.717, 1.165) is 38.5 Å². The third kappa shape index (κ3) is 4.71. The molecular weight excluding hydrogens is 343 g/mol. The van der Waals surface area contributed by atoms with Crippen LogP contribution in [-0.2, 0) is 17.4 Å². The molecule has 0 bridgehead atoms. The van der Waals surface area contributed by atoms with Crippen LogP contribution < -0.4 is 9.05 Å². The molecule has 3 rings (SSSR count). The maximum Gasteiger partial charge on any atom is 0.433 e. The first kappa shape index (κ1) is 19.0. The molecule has 0 atom stereocenters. The van der Waals surface area contributed by atoms with Crippen LogP contribution >= 0.6 is 7.60 Å². The van der Waals surface area contributed by atoms with Gasteiger partial charge in [-0.25, -0.2) is 4.57 Å². The topological polar surface area (TPSA) is 35.5 Å². The van der Waals surface area contributed by atoms with Crippen LogP contribution in [0.25, 0.3) is 0 Å². The summed E-state index contributed by atoms with van der Waals surface area (Å²) in [5.41, 5.74) is 2.44. The molecule has 1 aliphatic carbocycles. The molecule has 0 aromatic heterocycles. The molecule has 1 saturated carbocycles. The number of benzene rings is 2. The molecule has 0 spiro atoms. The van der Waals surface area contributed by atoms with Crippen molar-refractivity contribution in [2.45, 2.75) is 64.5 Å². The van der Waals surface area contributed by atoms with Gasteiger partial charge in [0.2, 0.25) is 0 Å². The van der Waals surface area contributed by atoms with Crippen LogP contribution in [0.5, 0.6) is 11.5 Å². The van der Waals surface area contributed by atoms with Crippen molar-refractivity contribution in [1.29, 1.82) is 0 Å². The van der Waals surface area contributed by atoms with Gasteiger partial charge in [-0.05, 0) is 61.1 Å². The highest BCUT2D eigenvalue weighted by Crippen LogP contribution is 2.57. The predicted molar refractivity (Wildman–Crippen MR) is 107 cm³/mol. The summed E-state index contributed by atoms with van der Waals surface area (Å²) in [6.45, 7) is 4.23. The van der Waals surface area contributed by atoms with Gasteiger partial charge in [0, 0.05) is 0 Å². The Morgan fingerprint density at radius 2 is 1.19 bits per heavy atom. The summed E-state index contributed by atoms with van der Waals surface area (Å²) in [5.74, 6) is 1.25. The van der Waals surface area contributed by atoms with Gasteiger partial charge in [0.05, 0.1) is 5.66 Å². The number of hydrogen-bond donors (Lipinski definition) is 0. The Bertz CT molecular complexity index is 677. The summed E-state index contributed by atoms with van der Waals surface area (Å²) in [5, 5.41) is 0. The number of aryl methyl sites for hydroxylation is 2. The van der Waals surface area contributed by atoms with Crippen molar-refractivity contribution < 1.29 is 13.6 Å². The second-order valence-electron chi connectivity index (χ2n) is 7.01. The molecule has 1 fully saturated rings. The van der Waals surface area contributed by atoms with Gasteiger partial charge in [-0.3, -0.25) is 0 Å². The Morgan fingerprint density at radius 3 is 1.58 bits per heavy atom. The quantitative estimate of drug-likeness (QED) is 0.502. The molecule has 1 aliphatic rings. The molecule has 4 heteroatoms. The van der Waals surface area contributed by atoms with Crippen molar-refractivity contribution in [3.05, 3.63) is 59.7 Å². The highest BCUT2D eigenvalue weighted by Gasteiger charge is 2.39. The van der Waals surface area contributed by atoms with Crippen LogP contribution in [0.3, 0.4) is 0 Å². The van der Waals surface area contributed by atoms with E-state index >= 15 is 0 Å². The zero-order valence-electron chi connectivity index (χ0n) is 15.8. The highest BCUT2D eigenvalue weighted by molar-refractivity contribution is 7.55. The van der Waals surface area contributed by atoms with E-state index < -0.39 is 7.60 Å². The Morgan fingerprint density at radius 1 is 0.769 bits per heavy atom. The van der Waals surface area contributed by atoms with Crippen molar-refractivity contribution in [2.24, 2.45) is 0 Å². The molecule has 2 aromatic carbocycles. The highest BCUT2D eigenvalue weighted by atomic mass is 31.2. The largest absolute Gasteiger partial charge is 0.433 e. The van der Waals surface area contributed by atoms with E-state index in [1.807, 2.05) is 48.5 Å². The molecule has 0 unspecified atom stereocenters. The number of hydrogen-bond acceptors (Lipinski definition) is 3. The van der Waals surface area contributed by atoms with Gasteiger partial charge in [-0.1, -0.05) is 57.4 Å². The second-order valence-corrected chi connectivity index (χ2v) is 9.18. The first-order chi connectivity index (χ1) is 12.6. The lowest BCUT2D eigenvalue weighted by atomic mass is 10.0. The zero-order valence-corrected chi connectivity index (χ0v) is 16.7. The average Bonchev–Trinajstić information content (AvgIpc) is 2.70. The minimum Gasteiger partial charge on any atom is -0.416 e. The van der Waals surface area contributed by atoms with Crippen molar-refractivity contribution >= 4 is 7.60 Å². The van der Waals surface area contributed by atoms with Gasteiger partial charge < -0.3 is 9.05 Å². The first-order valence-electron chi connectivity index (χ1n) is 9.79. The minimum absolute atomic E-state index is 0.0343. The predicted octanol–water partition coefficient (Wildman–Crippen LogP) is 6.80. The maximum atomic E-state index is 13.8. The minimum atomic E-state index is -3.29. The fourth-order valence-electron chi connectivity index (χ4n) is 3.43. The normalized spacial score (nSPS) is 15.6. The van der Waals surface area contributed by atoms with Crippen molar-refractivity contribution in [3.63, 3.8) is 0 Å². The monoisotopic (exact) mass is 372 g/mol. The van der Waals surface area contributed by atoms with Crippen LogP contribution in [0, 0.1) is 0 Å². The van der Waals surface area contributed by atoms with Crippen LogP contribution in [0.1, 0.15) is 57.1 Å². The Labute approximate surface area is 157 Å². The molecule has 26 heavy (non-hydrogen) atoms. The van der Waals surface area contributed by atoms with Gasteiger partial charge in [0.1, 0.15) is 11.5 Å². The maximum absolute atomic E-state index is 13.8. The van der Waals surface area contributed by atoms with Crippen LogP contribution in [-0.4, -0.2) is 5.66 Å².